The predicted molar refractivity (Wildman–Crippen MR) is 88.9 cm³/mol. The summed E-state index contributed by atoms with van der Waals surface area (Å²) in [6, 6.07) is 7.22. The minimum atomic E-state index is -0.188. The Labute approximate surface area is 136 Å². The molecule has 6 heteroatoms. The molecule has 0 aromatic heterocycles. The van der Waals surface area contributed by atoms with Crippen molar-refractivity contribution in [3.63, 3.8) is 0 Å². The van der Waals surface area contributed by atoms with E-state index in [1.807, 2.05) is 30.3 Å². The first-order chi connectivity index (χ1) is 10.7. The van der Waals surface area contributed by atoms with E-state index in [1.165, 1.54) is 0 Å². The second-order valence-electron chi connectivity index (χ2n) is 5.09. The third-order valence-electron chi connectivity index (χ3n) is 3.40. The zero-order valence-electron chi connectivity index (χ0n) is 12.6. The van der Waals surface area contributed by atoms with Gasteiger partial charge in [0.25, 0.3) is 0 Å². The van der Waals surface area contributed by atoms with Crippen LogP contribution in [0.15, 0.2) is 30.5 Å². The fourth-order valence-corrected chi connectivity index (χ4v) is 2.29. The first kappa shape index (κ1) is 16.8. The molecule has 1 aromatic carbocycles. The second-order valence-corrected chi connectivity index (χ2v) is 5.53. The maximum atomic E-state index is 11.6. The number of amides is 2. The molecule has 1 fully saturated rings. The van der Waals surface area contributed by atoms with Crippen LogP contribution >= 0.6 is 11.6 Å². The number of hydrogen-bond acceptors (Lipinski definition) is 3. The van der Waals surface area contributed by atoms with Crippen LogP contribution in [0.3, 0.4) is 0 Å². The largest absolute Gasteiger partial charge is 0.379 e. The van der Waals surface area contributed by atoms with Crippen molar-refractivity contribution in [2.45, 2.75) is 6.42 Å². The Hall–Kier alpha value is -1.56. The molecule has 5 nitrogen and oxygen atoms in total. The number of halogens is 1. The molecular weight excluding hydrogens is 302 g/mol. The van der Waals surface area contributed by atoms with Crippen LogP contribution in [0.5, 0.6) is 0 Å². The average molecular weight is 324 g/mol. The van der Waals surface area contributed by atoms with Gasteiger partial charge in [-0.05, 0) is 36.7 Å². The Morgan fingerprint density at radius 1 is 1.27 bits per heavy atom. The lowest BCUT2D eigenvalue weighted by atomic mass is 10.2. The van der Waals surface area contributed by atoms with Crippen molar-refractivity contribution in [2.75, 3.05) is 39.4 Å². The van der Waals surface area contributed by atoms with Gasteiger partial charge in [0.2, 0.25) is 0 Å². The molecule has 0 spiro atoms. The Kier molecular flexibility index (Phi) is 7.22. The molecule has 0 atom stereocenters. The van der Waals surface area contributed by atoms with Gasteiger partial charge < -0.3 is 15.4 Å². The number of nitrogens with one attached hydrogen (secondary N) is 2. The summed E-state index contributed by atoms with van der Waals surface area (Å²) in [6.07, 6.45) is 4.39. The van der Waals surface area contributed by atoms with Gasteiger partial charge >= 0.3 is 6.03 Å². The fourth-order valence-electron chi connectivity index (χ4n) is 2.17. The van der Waals surface area contributed by atoms with Gasteiger partial charge in [0, 0.05) is 30.9 Å². The second kappa shape index (κ2) is 9.46. The molecule has 0 bridgehead atoms. The van der Waals surface area contributed by atoms with Crippen LogP contribution in [-0.2, 0) is 4.74 Å². The molecule has 1 heterocycles. The first-order valence-corrected chi connectivity index (χ1v) is 7.88. The van der Waals surface area contributed by atoms with Gasteiger partial charge in [0.1, 0.15) is 0 Å². The van der Waals surface area contributed by atoms with Crippen LogP contribution in [-0.4, -0.2) is 50.3 Å². The normalized spacial score (nSPS) is 15.9. The summed E-state index contributed by atoms with van der Waals surface area (Å²) in [5.41, 5.74) is 0.983. The molecule has 1 saturated heterocycles. The van der Waals surface area contributed by atoms with Crippen molar-refractivity contribution in [3.8, 4) is 0 Å². The van der Waals surface area contributed by atoms with Crippen LogP contribution < -0.4 is 10.6 Å². The maximum absolute atomic E-state index is 11.6. The third-order valence-corrected chi connectivity index (χ3v) is 3.65. The van der Waals surface area contributed by atoms with Gasteiger partial charge in [-0.25, -0.2) is 4.79 Å². The van der Waals surface area contributed by atoms with Gasteiger partial charge in [-0.15, -0.1) is 0 Å². The summed E-state index contributed by atoms with van der Waals surface area (Å²) in [5.74, 6) is 0. The van der Waals surface area contributed by atoms with E-state index in [4.69, 9.17) is 16.3 Å². The molecule has 1 aliphatic heterocycles. The number of ether oxygens (including phenoxy) is 1. The van der Waals surface area contributed by atoms with E-state index in [9.17, 15) is 4.79 Å². The molecule has 1 aromatic rings. The molecule has 120 valence electrons. The minimum absolute atomic E-state index is 0.188. The molecule has 0 radical (unpaired) electrons. The van der Waals surface area contributed by atoms with Crippen LogP contribution in [0.1, 0.15) is 12.0 Å². The summed E-state index contributed by atoms with van der Waals surface area (Å²) < 4.78 is 5.30. The highest BCUT2D eigenvalue weighted by molar-refractivity contribution is 6.30. The van der Waals surface area contributed by atoms with Gasteiger partial charge in [0.05, 0.1) is 13.2 Å². The lowest BCUT2D eigenvalue weighted by Gasteiger charge is -2.26. The maximum Gasteiger partial charge on any atom is 0.318 e. The highest BCUT2D eigenvalue weighted by Crippen LogP contribution is 2.10. The van der Waals surface area contributed by atoms with Crippen LogP contribution in [0.2, 0.25) is 5.02 Å². The minimum Gasteiger partial charge on any atom is -0.379 e. The van der Waals surface area contributed by atoms with Gasteiger partial charge in [-0.3, -0.25) is 4.90 Å². The topological polar surface area (TPSA) is 53.6 Å². The highest BCUT2D eigenvalue weighted by Gasteiger charge is 2.09. The van der Waals surface area contributed by atoms with E-state index in [0.29, 0.717) is 11.6 Å². The van der Waals surface area contributed by atoms with Crippen LogP contribution in [0.25, 0.3) is 6.08 Å². The van der Waals surface area contributed by atoms with Crippen molar-refractivity contribution < 1.29 is 9.53 Å². The molecule has 2 N–H and O–H groups in total. The van der Waals surface area contributed by atoms with Gasteiger partial charge in [0.15, 0.2) is 0 Å². The molecular formula is C16H22ClN3O2. The summed E-state index contributed by atoms with van der Waals surface area (Å²) in [4.78, 5) is 14.0. The molecule has 0 aliphatic carbocycles. The van der Waals surface area contributed by atoms with E-state index < -0.39 is 0 Å². The highest BCUT2D eigenvalue weighted by atomic mass is 35.5. The Morgan fingerprint density at radius 3 is 2.73 bits per heavy atom. The number of morpholine rings is 1. The summed E-state index contributed by atoms with van der Waals surface area (Å²) in [5, 5.41) is 6.22. The van der Waals surface area contributed by atoms with Crippen molar-refractivity contribution in [3.05, 3.63) is 41.1 Å². The lowest BCUT2D eigenvalue weighted by Crippen LogP contribution is -2.39. The standard InChI is InChI=1S/C16H22ClN3O2/c17-15-4-2-14(3-5-15)6-8-19-16(21)18-7-1-9-20-10-12-22-13-11-20/h2-6,8H,1,7,9-13H2,(H2,18,19,21)/b8-6+. The van der Waals surface area contributed by atoms with Gasteiger partial charge in [-0.2, -0.15) is 0 Å². The smallest absolute Gasteiger partial charge is 0.318 e. The molecule has 0 saturated carbocycles. The van der Waals surface area contributed by atoms with Crippen molar-refractivity contribution in [2.24, 2.45) is 0 Å². The van der Waals surface area contributed by atoms with E-state index in [-0.39, 0.29) is 6.03 Å². The Balaban J connectivity index is 1.56. The fraction of sp³-hybridized carbons (Fsp3) is 0.438. The number of benzene rings is 1. The Morgan fingerprint density at radius 2 is 2.00 bits per heavy atom. The SMILES string of the molecule is O=C(N/C=C/c1ccc(Cl)cc1)NCCCN1CCOCC1. The summed E-state index contributed by atoms with van der Waals surface area (Å²) in [7, 11) is 0. The summed E-state index contributed by atoms with van der Waals surface area (Å²) >= 11 is 5.81. The van der Waals surface area contributed by atoms with E-state index >= 15 is 0 Å². The predicted octanol–water partition coefficient (Wildman–Crippen LogP) is 2.33. The zero-order valence-corrected chi connectivity index (χ0v) is 13.3. The quantitative estimate of drug-likeness (QED) is 0.790. The van der Waals surface area contributed by atoms with Crippen molar-refractivity contribution >= 4 is 23.7 Å². The van der Waals surface area contributed by atoms with E-state index in [0.717, 1.165) is 44.8 Å². The van der Waals surface area contributed by atoms with E-state index in [1.54, 1.807) is 6.20 Å². The van der Waals surface area contributed by atoms with Gasteiger partial charge in [-0.1, -0.05) is 23.7 Å². The Bertz CT molecular complexity index is 485. The average Bonchev–Trinajstić information content (AvgIpc) is 2.54. The number of carbonyl (C=O) groups excluding carboxylic acids is 1. The number of carbonyl (C=O) groups is 1. The van der Waals surface area contributed by atoms with Crippen LogP contribution in [0.4, 0.5) is 4.79 Å². The van der Waals surface area contributed by atoms with Crippen molar-refractivity contribution in [1.82, 2.24) is 15.5 Å². The number of urea groups is 1. The van der Waals surface area contributed by atoms with Crippen molar-refractivity contribution in [1.29, 1.82) is 0 Å². The summed E-state index contributed by atoms with van der Waals surface area (Å²) in [6.45, 7) is 5.24. The lowest BCUT2D eigenvalue weighted by molar-refractivity contribution is 0.0375. The number of hydrogen-bond donors (Lipinski definition) is 2. The molecule has 22 heavy (non-hydrogen) atoms. The number of nitrogens with zero attached hydrogens (tertiary/aromatic N) is 1. The molecule has 2 rings (SSSR count). The van der Waals surface area contributed by atoms with Crippen LogP contribution in [0, 0.1) is 0 Å². The van der Waals surface area contributed by atoms with E-state index in [2.05, 4.69) is 15.5 Å². The molecule has 2 amide bonds. The molecule has 1 aliphatic rings. The molecule has 0 unspecified atom stereocenters. The first-order valence-electron chi connectivity index (χ1n) is 7.50. The zero-order chi connectivity index (χ0) is 15.6. The number of rotatable bonds is 6. The third kappa shape index (κ3) is 6.47. The monoisotopic (exact) mass is 323 g/mol.